The lowest BCUT2D eigenvalue weighted by atomic mass is 10.2. The molecule has 0 saturated carbocycles. The molecule has 3 aromatic heterocycles. The van der Waals surface area contributed by atoms with Crippen LogP contribution >= 0.6 is 27.5 Å². The molecule has 7 heteroatoms. The molecule has 0 spiro atoms. The number of fused-ring (bicyclic) bond motifs is 1. The van der Waals surface area contributed by atoms with Gasteiger partial charge in [0, 0.05) is 10.7 Å². The fourth-order valence-corrected chi connectivity index (χ4v) is 2.75. The highest BCUT2D eigenvalue weighted by Crippen LogP contribution is 2.26. The molecule has 3 aromatic rings. The number of nitrogens with one attached hydrogen (secondary N) is 1. The van der Waals surface area contributed by atoms with Gasteiger partial charge in [0.15, 0.2) is 11.5 Å². The third kappa shape index (κ3) is 2.04. The summed E-state index contributed by atoms with van der Waals surface area (Å²) >= 11 is 4.77. The topological polar surface area (TPSA) is 67.3 Å². The van der Waals surface area contributed by atoms with Crippen LogP contribution in [0.3, 0.4) is 0 Å². The normalized spacial score (nSPS) is 11.2. The van der Waals surface area contributed by atoms with Gasteiger partial charge in [0.1, 0.15) is 4.88 Å². The van der Waals surface area contributed by atoms with Crippen LogP contribution in [0.2, 0.25) is 0 Å². The molecule has 0 aliphatic rings. The van der Waals surface area contributed by atoms with E-state index in [0.29, 0.717) is 5.65 Å². The zero-order valence-electron chi connectivity index (χ0n) is 9.64. The molecule has 0 atom stereocenters. The SMILES string of the molecule is CCCc1nnsc1-c1nc2ncc(Br)cc2[nH]1. The number of pyridine rings is 1. The molecule has 0 unspecified atom stereocenters. The highest BCUT2D eigenvalue weighted by molar-refractivity contribution is 9.10. The number of aromatic amines is 1. The van der Waals surface area contributed by atoms with E-state index < -0.39 is 0 Å². The largest absolute Gasteiger partial charge is 0.336 e. The number of halogens is 1. The number of hydrogen-bond donors (Lipinski definition) is 1. The van der Waals surface area contributed by atoms with E-state index in [1.165, 1.54) is 11.5 Å². The summed E-state index contributed by atoms with van der Waals surface area (Å²) in [6, 6.07) is 1.97. The minimum absolute atomic E-state index is 0.712. The summed E-state index contributed by atoms with van der Waals surface area (Å²) in [5.74, 6) is 0.800. The first-order valence-electron chi connectivity index (χ1n) is 5.60. The van der Waals surface area contributed by atoms with Crippen molar-refractivity contribution in [2.75, 3.05) is 0 Å². The van der Waals surface area contributed by atoms with E-state index in [4.69, 9.17) is 0 Å². The van der Waals surface area contributed by atoms with Crippen molar-refractivity contribution in [3.05, 3.63) is 22.4 Å². The van der Waals surface area contributed by atoms with Gasteiger partial charge in [-0.05, 0) is 39.9 Å². The molecule has 0 fully saturated rings. The zero-order chi connectivity index (χ0) is 12.5. The Balaban J connectivity index is 2.10. The van der Waals surface area contributed by atoms with Crippen LogP contribution in [0.25, 0.3) is 21.9 Å². The molecule has 3 rings (SSSR count). The van der Waals surface area contributed by atoms with Crippen molar-refractivity contribution in [3.63, 3.8) is 0 Å². The third-order valence-corrected chi connectivity index (χ3v) is 3.77. The summed E-state index contributed by atoms with van der Waals surface area (Å²) in [6.07, 6.45) is 3.70. The number of aryl methyl sites for hydroxylation is 1. The smallest absolute Gasteiger partial charge is 0.178 e. The minimum Gasteiger partial charge on any atom is -0.336 e. The van der Waals surface area contributed by atoms with E-state index in [-0.39, 0.29) is 0 Å². The number of nitrogens with zero attached hydrogens (tertiary/aromatic N) is 4. The number of imidazole rings is 1. The first-order chi connectivity index (χ1) is 8.78. The minimum atomic E-state index is 0.712. The van der Waals surface area contributed by atoms with Gasteiger partial charge in [0.25, 0.3) is 0 Å². The number of H-pyrrole nitrogens is 1. The van der Waals surface area contributed by atoms with Crippen molar-refractivity contribution in [1.82, 2.24) is 24.5 Å². The van der Waals surface area contributed by atoms with Crippen molar-refractivity contribution in [1.29, 1.82) is 0 Å². The van der Waals surface area contributed by atoms with Gasteiger partial charge in [-0.2, -0.15) is 0 Å². The summed E-state index contributed by atoms with van der Waals surface area (Å²) in [4.78, 5) is 13.0. The van der Waals surface area contributed by atoms with E-state index >= 15 is 0 Å². The van der Waals surface area contributed by atoms with Crippen LogP contribution in [0.15, 0.2) is 16.7 Å². The van der Waals surface area contributed by atoms with Gasteiger partial charge in [-0.25, -0.2) is 9.97 Å². The molecular weight excluding hydrogens is 314 g/mol. The Morgan fingerprint density at radius 2 is 2.33 bits per heavy atom. The van der Waals surface area contributed by atoms with Gasteiger partial charge in [-0.3, -0.25) is 0 Å². The van der Waals surface area contributed by atoms with Gasteiger partial charge in [-0.1, -0.05) is 17.8 Å². The van der Waals surface area contributed by atoms with Gasteiger partial charge >= 0.3 is 0 Å². The Morgan fingerprint density at radius 1 is 1.44 bits per heavy atom. The van der Waals surface area contributed by atoms with Crippen molar-refractivity contribution in [2.45, 2.75) is 19.8 Å². The molecule has 0 aliphatic carbocycles. The molecule has 3 heterocycles. The van der Waals surface area contributed by atoms with Crippen molar-refractivity contribution in [2.24, 2.45) is 0 Å². The summed E-state index contributed by atoms with van der Waals surface area (Å²) in [5.41, 5.74) is 2.62. The van der Waals surface area contributed by atoms with Crippen LogP contribution in [0, 0.1) is 0 Å². The number of hydrogen-bond acceptors (Lipinski definition) is 5. The Hall–Kier alpha value is -1.34. The third-order valence-electron chi connectivity index (χ3n) is 2.56. The van der Waals surface area contributed by atoms with Gasteiger partial charge in [-0.15, -0.1) is 5.10 Å². The molecule has 1 N–H and O–H groups in total. The van der Waals surface area contributed by atoms with E-state index in [1.54, 1.807) is 6.20 Å². The van der Waals surface area contributed by atoms with E-state index in [1.807, 2.05) is 6.07 Å². The molecule has 0 aliphatic heterocycles. The lowest BCUT2D eigenvalue weighted by molar-refractivity contribution is 0.870. The van der Waals surface area contributed by atoms with Crippen molar-refractivity contribution in [3.8, 4) is 10.7 Å². The molecule has 5 nitrogen and oxygen atoms in total. The molecule has 0 aromatic carbocycles. The van der Waals surface area contributed by atoms with E-state index in [2.05, 4.69) is 47.4 Å². The number of rotatable bonds is 3. The standard InChI is InChI=1S/C11H10BrN5S/c1-2-3-7-9(18-17-16-7)11-14-8-4-6(12)5-13-10(8)15-11/h4-5H,2-3H2,1H3,(H,13,14,15). The van der Waals surface area contributed by atoms with Crippen LogP contribution < -0.4 is 0 Å². The highest BCUT2D eigenvalue weighted by Gasteiger charge is 2.14. The lowest BCUT2D eigenvalue weighted by Crippen LogP contribution is -1.88. The highest BCUT2D eigenvalue weighted by atomic mass is 79.9. The number of aromatic nitrogens is 5. The van der Waals surface area contributed by atoms with E-state index in [9.17, 15) is 0 Å². The molecular formula is C11H10BrN5S. The first-order valence-corrected chi connectivity index (χ1v) is 7.17. The average Bonchev–Trinajstić information content (AvgIpc) is 2.94. The maximum Gasteiger partial charge on any atom is 0.178 e. The predicted octanol–water partition coefficient (Wildman–Crippen LogP) is 3.19. The Kier molecular flexibility index (Phi) is 3.09. The second kappa shape index (κ2) is 4.74. The van der Waals surface area contributed by atoms with Crippen LogP contribution in [0.5, 0.6) is 0 Å². The maximum absolute atomic E-state index is 4.48. The summed E-state index contributed by atoms with van der Waals surface area (Å²) in [6.45, 7) is 2.13. The van der Waals surface area contributed by atoms with Crippen molar-refractivity contribution >= 4 is 38.6 Å². The summed E-state index contributed by atoms with van der Waals surface area (Å²) in [7, 11) is 0. The first kappa shape index (κ1) is 11.7. The predicted molar refractivity (Wildman–Crippen MR) is 74.5 cm³/mol. The molecule has 0 bridgehead atoms. The monoisotopic (exact) mass is 323 g/mol. The molecule has 0 radical (unpaired) electrons. The van der Waals surface area contributed by atoms with Gasteiger partial charge in [0.05, 0.1) is 11.2 Å². The summed E-state index contributed by atoms with van der Waals surface area (Å²) < 4.78 is 4.94. The molecule has 0 amide bonds. The lowest BCUT2D eigenvalue weighted by Gasteiger charge is -1.94. The maximum atomic E-state index is 4.48. The zero-order valence-corrected chi connectivity index (χ0v) is 12.0. The Bertz CT molecular complexity index is 690. The molecule has 92 valence electrons. The fourth-order valence-electron chi connectivity index (χ4n) is 1.77. The van der Waals surface area contributed by atoms with Gasteiger partial charge < -0.3 is 4.98 Å². The van der Waals surface area contributed by atoms with Gasteiger partial charge in [0.2, 0.25) is 0 Å². The Labute approximate surface area is 116 Å². The quantitative estimate of drug-likeness (QED) is 0.803. The summed E-state index contributed by atoms with van der Waals surface area (Å²) in [5, 5.41) is 4.15. The second-order valence-electron chi connectivity index (χ2n) is 3.91. The van der Waals surface area contributed by atoms with Crippen molar-refractivity contribution < 1.29 is 0 Å². The Morgan fingerprint density at radius 3 is 3.17 bits per heavy atom. The van der Waals surface area contributed by atoms with Crippen LogP contribution in [0.1, 0.15) is 19.0 Å². The molecule has 0 saturated heterocycles. The van der Waals surface area contributed by atoms with Crippen LogP contribution in [-0.2, 0) is 6.42 Å². The van der Waals surface area contributed by atoms with Crippen LogP contribution in [0.4, 0.5) is 0 Å². The second-order valence-corrected chi connectivity index (χ2v) is 5.58. The van der Waals surface area contributed by atoms with E-state index in [0.717, 1.165) is 39.2 Å². The fraction of sp³-hybridized carbons (Fsp3) is 0.273. The van der Waals surface area contributed by atoms with Crippen LogP contribution in [-0.4, -0.2) is 24.5 Å². The average molecular weight is 324 g/mol. The molecule has 18 heavy (non-hydrogen) atoms.